The van der Waals surface area contributed by atoms with E-state index < -0.39 is 0 Å². The first kappa shape index (κ1) is 18.0. The maximum atomic E-state index is 8.81. The van der Waals surface area contributed by atoms with Crippen molar-refractivity contribution < 1.29 is 0 Å². The van der Waals surface area contributed by atoms with E-state index in [1.807, 2.05) is 30.4 Å². The Labute approximate surface area is 146 Å². The Morgan fingerprint density at radius 3 is 2.38 bits per heavy atom. The predicted octanol–water partition coefficient (Wildman–Crippen LogP) is 5.71. The summed E-state index contributed by atoms with van der Waals surface area (Å²) in [4.78, 5) is 0. The molecule has 0 saturated heterocycles. The van der Waals surface area contributed by atoms with Crippen LogP contribution in [0.5, 0.6) is 0 Å². The Morgan fingerprint density at radius 2 is 1.71 bits per heavy atom. The van der Waals surface area contributed by atoms with Gasteiger partial charge in [0.15, 0.2) is 0 Å². The Bertz CT molecular complexity index is 617. The summed E-state index contributed by atoms with van der Waals surface area (Å²) >= 11 is 0. The van der Waals surface area contributed by atoms with Gasteiger partial charge in [0.2, 0.25) is 0 Å². The molecule has 0 aliphatic heterocycles. The molecule has 1 aromatic rings. The average Bonchev–Trinajstić information content (AvgIpc) is 2.64. The molecule has 1 fully saturated rings. The van der Waals surface area contributed by atoms with Gasteiger partial charge in [-0.15, -0.1) is 0 Å². The summed E-state index contributed by atoms with van der Waals surface area (Å²) in [7, 11) is 0. The van der Waals surface area contributed by atoms with Gasteiger partial charge in [-0.05, 0) is 68.1 Å². The van der Waals surface area contributed by atoms with E-state index in [1.54, 1.807) is 0 Å². The quantitative estimate of drug-likeness (QED) is 0.367. The summed E-state index contributed by atoms with van der Waals surface area (Å²) in [6, 6.07) is 12.2. The minimum atomic E-state index is 0.697. The second-order valence-electron chi connectivity index (χ2n) is 6.71. The summed E-state index contributed by atoms with van der Waals surface area (Å²) in [5.74, 6) is 1.59. The molecule has 2 heteroatoms. The molecule has 1 aliphatic carbocycles. The van der Waals surface area contributed by atoms with Gasteiger partial charge in [-0.1, -0.05) is 43.2 Å². The van der Waals surface area contributed by atoms with Gasteiger partial charge in [0.25, 0.3) is 0 Å². The molecule has 0 bridgehead atoms. The van der Waals surface area contributed by atoms with Gasteiger partial charge in [-0.25, -0.2) is 0 Å². The molecule has 0 heterocycles. The molecule has 0 radical (unpaired) electrons. The van der Waals surface area contributed by atoms with Crippen LogP contribution in [0.4, 0.5) is 0 Å². The van der Waals surface area contributed by atoms with Gasteiger partial charge in [0, 0.05) is 6.08 Å². The average molecular weight is 318 g/mol. The van der Waals surface area contributed by atoms with E-state index in [4.69, 9.17) is 10.5 Å². The highest BCUT2D eigenvalue weighted by Gasteiger charge is 2.18. The largest absolute Gasteiger partial charge is 0.193 e. The van der Waals surface area contributed by atoms with Crippen molar-refractivity contribution in [3.05, 3.63) is 59.7 Å². The van der Waals surface area contributed by atoms with Crippen molar-refractivity contribution in [2.24, 2.45) is 11.8 Å². The van der Waals surface area contributed by atoms with Crippen molar-refractivity contribution in [1.29, 1.82) is 10.5 Å². The van der Waals surface area contributed by atoms with E-state index in [2.05, 4.69) is 24.3 Å². The highest BCUT2D eigenvalue weighted by molar-refractivity contribution is 5.31. The van der Waals surface area contributed by atoms with E-state index in [0.29, 0.717) is 5.92 Å². The first-order valence-corrected chi connectivity index (χ1v) is 9.04. The monoisotopic (exact) mass is 318 g/mol. The van der Waals surface area contributed by atoms with Gasteiger partial charge in [0.1, 0.15) is 0 Å². The summed E-state index contributed by atoms with van der Waals surface area (Å²) in [6.07, 6.45) is 17.9. The zero-order valence-electron chi connectivity index (χ0n) is 14.3. The maximum Gasteiger partial charge on any atom is 0.0991 e. The van der Waals surface area contributed by atoms with Gasteiger partial charge in [-0.2, -0.15) is 10.5 Å². The fourth-order valence-corrected chi connectivity index (χ4v) is 3.50. The van der Waals surface area contributed by atoms with Gasteiger partial charge >= 0.3 is 0 Å². The molecule has 0 amide bonds. The Morgan fingerprint density at radius 1 is 0.958 bits per heavy atom. The molecule has 0 atom stereocenters. The summed E-state index contributed by atoms with van der Waals surface area (Å²) < 4.78 is 0. The first-order valence-electron chi connectivity index (χ1n) is 9.04. The van der Waals surface area contributed by atoms with Crippen LogP contribution in [0.1, 0.15) is 56.1 Å². The van der Waals surface area contributed by atoms with Crippen LogP contribution in [0, 0.1) is 34.5 Å². The van der Waals surface area contributed by atoms with Crippen LogP contribution in [0.3, 0.4) is 0 Å². The number of rotatable bonds is 7. The molecule has 0 N–H and O–H groups in total. The van der Waals surface area contributed by atoms with Crippen LogP contribution in [0.15, 0.2) is 48.6 Å². The van der Waals surface area contributed by atoms with Crippen LogP contribution < -0.4 is 0 Å². The smallest absolute Gasteiger partial charge is 0.0991 e. The fourth-order valence-electron chi connectivity index (χ4n) is 3.50. The van der Waals surface area contributed by atoms with E-state index in [0.717, 1.165) is 17.9 Å². The zero-order valence-corrected chi connectivity index (χ0v) is 14.3. The lowest BCUT2D eigenvalue weighted by Crippen LogP contribution is -2.13. The topological polar surface area (TPSA) is 47.6 Å². The second kappa shape index (κ2) is 10.5. The normalized spacial score (nSPS) is 20.9. The molecular formula is C22H26N2. The van der Waals surface area contributed by atoms with Crippen molar-refractivity contribution in [2.45, 2.75) is 51.4 Å². The zero-order chi connectivity index (χ0) is 17.0. The lowest BCUT2D eigenvalue weighted by atomic mass is 9.79. The number of nitrogens with zero attached hydrogens (tertiary/aromatic N) is 2. The molecule has 24 heavy (non-hydrogen) atoms. The number of hydrogen-bond donors (Lipinski definition) is 0. The molecular weight excluding hydrogens is 292 g/mol. The molecule has 124 valence electrons. The lowest BCUT2D eigenvalue weighted by Gasteiger charge is -2.26. The number of allylic oxidation sites excluding steroid dienone is 4. The molecule has 0 unspecified atom stereocenters. The van der Waals surface area contributed by atoms with E-state index in [-0.39, 0.29) is 0 Å². The van der Waals surface area contributed by atoms with E-state index >= 15 is 0 Å². The van der Waals surface area contributed by atoms with Crippen LogP contribution >= 0.6 is 0 Å². The molecule has 0 spiro atoms. The molecule has 0 aromatic heterocycles. The number of benzene rings is 1. The minimum Gasteiger partial charge on any atom is -0.193 e. The molecule has 1 saturated carbocycles. The van der Waals surface area contributed by atoms with E-state index in [1.165, 1.54) is 56.6 Å². The highest BCUT2D eigenvalue weighted by Crippen LogP contribution is 2.32. The fraction of sp³-hybridized carbons (Fsp3) is 0.455. The highest BCUT2D eigenvalue weighted by atomic mass is 14.2. The third-order valence-electron chi connectivity index (χ3n) is 4.97. The van der Waals surface area contributed by atoms with Gasteiger partial charge < -0.3 is 0 Å². The third kappa shape index (κ3) is 6.43. The van der Waals surface area contributed by atoms with Crippen molar-refractivity contribution >= 4 is 0 Å². The Balaban J connectivity index is 1.59. The Hall–Kier alpha value is -2.32. The summed E-state index contributed by atoms with van der Waals surface area (Å²) in [5, 5.41) is 17.3. The summed E-state index contributed by atoms with van der Waals surface area (Å²) in [6.45, 7) is 0. The molecule has 1 aliphatic rings. The summed E-state index contributed by atoms with van der Waals surface area (Å²) in [5.41, 5.74) is 2.08. The van der Waals surface area contributed by atoms with Crippen LogP contribution in [0.2, 0.25) is 0 Å². The number of aryl methyl sites for hydroxylation is 1. The number of unbranched alkanes of at least 4 members (excludes halogenated alkanes) is 1. The predicted molar refractivity (Wildman–Crippen MR) is 98.1 cm³/mol. The van der Waals surface area contributed by atoms with Crippen LogP contribution in [-0.4, -0.2) is 0 Å². The lowest BCUT2D eigenvalue weighted by molar-refractivity contribution is 0.289. The van der Waals surface area contributed by atoms with Gasteiger partial charge in [-0.3, -0.25) is 0 Å². The van der Waals surface area contributed by atoms with Crippen molar-refractivity contribution in [2.75, 3.05) is 0 Å². The second-order valence-corrected chi connectivity index (χ2v) is 6.71. The SMILES string of the molecule is N#CC=CC=C[C@H]1CC[C@H](CCCCc2ccc(C#N)cc2)CC1. The van der Waals surface area contributed by atoms with Crippen LogP contribution in [0.25, 0.3) is 0 Å². The van der Waals surface area contributed by atoms with Crippen molar-refractivity contribution in [3.63, 3.8) is 0 Å². The van der Waals surface area contributed by atoms with Crippen LogP contribution in [-0.2, 0) is 6.42 Å². The number of hydrogen-bond acceptors (Lipinski definition) is 2. The van der Waals surface area contributed by atoms with Crippen molar-refractivity contribution in [3.8, 4) is 12.1 Å². The minimum absolute atomic E-state index is 0.697. The Kier molecular flexibility index (Phi) is 7.85. The third-order valence-corrected chi connectivity index (χ3v) is 4.97. The number of nitriles is 2. The molecule has 2 rings (SSSR count). The van der Waals surface area contributed by atoms with E-state index in [9.17, 15) is 0 Å². The van der Waals surface area contributed by atoms with Crippen molar-refractivity contribution in [1.82, 2.24) is 0 Å². The maximum absolute atomic E-state index is 8.81. The van der Waals surface area contributed by atoms with Gasteiger partial charge in [0.05, 0.1) is 17.7 Å². The molecule has 2 nitrogen and oxygen atoms in total. The standard InChI is InChI=1S/C22H26N2/c23-17-5-1-2-6-19-9-11-20(12-10-19)7-3-4-8-21-13-15-22(18-24)16-14-21/h1-2,5-6,13-16,19-20H,3-4,7-12H2/t19-,20-. The first-order chi connectivity index (χ1) is 11.8. The molecule has 1 aromatic carbocycles.